The zero-order valence-corrected chi connectivity index (χ0v) is 20.6. The van der Waals surface area contributed by atoms with E-state index in [-0.39, 0.29) is 6.10 Å². The van der Waals surface area contributed by atoms with Crippen molar-refractivity contribution >= 4 is 10.9 Å². The maximum atomic E-state index is 6.41. The minimum Gasteiger partial charge on any atom is -0.494 e. The second kappa shape index (κ2) is 12.6. The molecule has 2 heterocycles. The van der Waals surface area contributed by atoms with Crippen LogP contribution in [0.5, 0.6) is 5.75 Å². The number of piperidine rings is 1. The van der Waals surface area contributed by atoms with Crippen molar-refractivity contribution < 1.29 is 14.2 Å². The van der Waals surface area contributed by atoms with Crippen molar-refractivity contribution in [2.75, 3.05) is 26.3 Å². The Kier molecular flexibility index (Phi) is 8.58. The van der Waals surface area contributed by atoms with E-state index in [1.54, 1.807) is 0 Å². The molecule has 4 aromatic rings. The number of hydrogen-bond acceptors (Lipinski definition) is 5. The van der Waals surface area contributed by atoms with Crippen molar-refractivity contribution in [3.8, 4) is 5.75 Å². The molecule has 1 aliphatic rings. The van der Waals surface area contributed by atoms with Gasteiger partial charge in [0.15, 0.2) is 0 Å². The van der Waals surface area contributed by atoms with Gasteiger partial charge in [-0.2, -0.15) is 0 Å². The summed E-state index contributed by atoms with van der Waals surface area (Å²) in [5.74, 6) is 1.27. The number of rotatable bonds is 11. The van der Waals surface area contributed by atoms with Crippen molar-refractivity contribution in [3.63, 3.8) is 0 Å². The highest BCUT2D eigenvalue weighted by atomic mass is 16.5. The fraction of sp³-hybridized carbons (Fsp3) is 0.323. The lowest BCUT2D eigenvalue weighted by Crippen LogP contribution is -2.40. The number of aromatic nitrogens is 1. The van der Waals surface area contributed by atoms with Crippen molar-refractivity contribution in [2.45, 2.75) is 38.1 Å². The van der Waals surface area contributed by atoms with Crippen LogP contribution < -0.4 is 10.1 Å². The van der Waals surface area contributed by atoms with E-state index in [0.717, 1.165) is 48.1 Å². The van der Waals surface area contributed by atoms with Gasteiger partial charge in [0.25, 0.3) is 0 Å². The predicted octanol–water partition coefficient (Wildman–Crippen LogP) is 5.88. The Labute approximate surface area is 213 Å². The molecular formula is C31H34N2O3. The van der Waals surface area contributed by atoms with Gasteiger partial charge in [-0.05, 0) is 53.9 Å². The number of hydrogen-bond donors (Lipinski definition) is 1. The molecule has 0 bridgehead atoms. The molecule has 0 radical (unpaired) electrons. The van der Waals surface area contributed by atoms with Gasteiger partial charge in [0.05, 0.1) is 38.0 Å². The van der Waals surface area contributed by atoms with Crippen LogP contribution in [0.15, 0.2) is 91.1 Å². The van der Waals surface area contributed by atoms with Crippen LogP contribution >= 0.6 is 0 Å². The van der Waals surface area contributed by atoms with Gasteiger partial charge < -0.3 is 19.5 Å². The first kappa shape index (κ1) is 24.4. The first-order chi connectivity index (χ1) is 17.8. The van der Waals surface area contributed by atoms with Crippen LogP contribution in [-0.4, -0.2) is 37.4 Å². The topological polar surface area (TPSA) is 52.6 Å². The second-order valence-electron chi connectivity index (χ2n) is 9.29. The van der Waals surface area contributed by atoms with Crippen molar-refractivity contribution in [1.82, 2.24) is 10.3 Å². The molecule has 1 fully saturated rings. The average molecular weight is 483 g/mol. The molecule has 5 rings (SSSR count). The molecule has 1 N–H and O–H groups in total. The molecule has 5 heteroatoms. The highest BCUT2D eigenvalue weighted by Crippen LogP contribution is 2.30. The van der Waals surface area contributed by atoms with Crippen molar-refractivity contribution in [3.05, 3.63) is 108 Å². The summed E-state index contributed by atoms with van der Waals surface area (Å²) in [6.07, 6.45) is 3.89. The lowest BCUT2D eigenvalue weighted by atomic mass is 9.87. The molecule has 0 amide bonds. The van der Waals surface area contributed by atoms with E-state index < -0.39 is 0 Å². The van der Waals surface area contributed by atoms with Gasteiger partial charge in [-0.25, -0.2) is 0 Å². The summed E-state index contributed by atoms with van der Waals surface area (Å²) in [7, 11) is 0. The van der Waals surface area contributed by atoms with E-state index >= 15 is 0 Å². The van der Waals surface area contributed by atoms with Gasteiger partial charge in [0, 0.05) is 30.5 Å². The molecule has 3 aromatic carbocycles. The van der Waals surface area contributed by atoms with Crippen LogP contribution in [0.1, 0.15) is 35.4 Å². The highest BCUT2D eigenvalue weighted by molar-refractivity contribution is 5.78. The Balaban J connectivity index is 1.09. The van der Waals surface area contributed by atoms with Crippen LogP contribution in [0.25, 0.3) is 10.9 Å². The summed E-state index contributed by atoms with van der Waals surface area (Å²) in [6, 6.07) is 29.2. The maximum absolute atomic E-state index is 6.41. The van der Waals surface area contributed by atoms with Gasteiger partial charge in [0.2, 0.25) is 0 Å². The van der Waals surface area contributed by atoms with E-state index in [1.807, 2.05) is 30.5 Å². The Morgan fingerprint density at radius 2 is 1.72 bits per heavy atom. The van der Waals surface area contributed by atoms with E-state index in [9.17, 15) is 0 Å². The average Bonchev–Trinajstić information content (AvgIpc) is 2.95. The zero-order chi connectivity index (χ0) is 24.4. The van der Waals surface area contributed by atoms with Crippen LogP contribution in [0.4, 0.5) is 0 Å². The van der Waals surface area contributed by atoms with Gasteiger partial charge in [-0.1, -0.05) is 60.7 Å². The van der Waals surface area contributed by atoms with Crippen LogP contribution in [-0.2, 0) is 22.7 Å². The Morgan fingerprint density at radius 3 is 2.61 bits per heavy atom. The predicted molar refractivity (Wildman–Crippen MR) is 143 cm³/mol. The molecular weight excluding hydrogens is 448 g/mol. The molecule has 5 nitrogen and oxygen atoms in total. The lowest BCUT2D eigenvalue weighted by Gasteiger charge is -2.32. The minimum atomic E-state index is 0.131. The first-order valence-corrected chi connectivity index (χ1v) is 12.9. The number of pyridine rings is 1. The molecule has 2 atom stereocenters. The van der Waals surface area contributed by atoms with E-state index in [1.165, 1.54) is 11.1 Å². The standard InChI is InChI=1S/C31H34N2O3/c1-2-6-24(7-3-1)22-34-18-5-19-35-28-13-11-26(12-14-28)29-15-17-32-21-31(29)36-23-25-9-10-27-8-4-16-33-30(27)20-25/h1-4,6-14,16,20,29,31-32H,5,15,17-19,21-23H2. The third-order valence-electron chi connectivity index (χ3n) is 6.68. The van der Waals surface area contributed by atoms with Crippen molar-refractivity contribution in [2.24, 2.45) is 0 Å². The van der Waals surface area contributed by atoms with Gasteiger partial charge in [-0.3, -0.25) is 4.98 Å². The molecule has 186 valence electrons. The molecule has 0 aliphatic carbocycles. The SMILES string of the molecule is c1ccc(COCCCOc2ccc(C3CCNCC3OCc3ccc4cccnc4c3)cc2)cc1. The van der Waals surface area contributed by atoms with Crippen LogP contribution in [0.3, 0.4) is 0 Å². The lowest BCUT2D eigenvalue weighted by molar-refractivity contribution is 0.0106. The molecule has 2 unspecified atom stereocenters. The molecule has 1 saturated heterocycles. The maximum Gasteiger partial charge on any atom is 0.119 e. The summed E-state index contributed by atoms with van der Waals surface area (Å²) in [5.41, 5.74) is 4.67. The third kappa shape index (κ3) is 6.70. The summed E-state index contributed by atoms with van der Waals surface area (Å²) in [4.78, 5) is 4.47. The monoisotopic (exact) mass is 482 g/mol. The van der Waals surface area contributed by atoms with E-state index in [2.05, 4.69) is 71.0 Å². The van der Waals surface area contributed by atoms with Crippen LogP contribution in [0, 0.1) is 0 Å². The molecule has 1 aliphatic heterocycles. The Bertz CT molecular complexity index is 1210. The number of nitrogens with one attached hydrogen (secondary N) is 1. The van der Waals surface area contributed by atoms with E-state index in [4.69, 9.17) is 14.2 Å². The zero-order valence-electron chi connectivity index (χ0n) is 20.6. The minimum absolute atomic E-state index is 0.131. The largest absolute Gasteiger partial charge is 0.494 e. The fourth-order valence-electron chi connectivity index (χ4n) is 4.72. The summed E-state index contributed by atoms with van der Waals surface area (Å²) < 4.78 is 18.1. The third-order valence-corrected chi connectivity index (χ3v) is 6.68. The smallest absolute Gasteiger partial charge is 0.119 e. The Morgan fingerprint density at radius 1 is 0.833 bits per heavy atom. The summed E-state index contributed by atoms with van der Waals surface area (Å²) >= 11 is 0. The van der Waals surface area contributed by atoms with Gasteiger partial charge in [0.1, 0.15) is 5.75 Å². The van der Waals surface area contributed by atoms with Gasteiger partial charge in [-0.15, -0.1) is 0 Å². The molecule has 36 heavy (non-hydrogen) atoms. The second-order valence-corrected chi connectivity index (χ2v) is 9.29. The first-order valence-electron chi connectivity index (χ1n) is 12.9. The summed E-state index contributed by atoms with van der Waals surface area (Å²) in [5, 5.41) is 4.65. The number of ether oxygens (including phenoxy) is 3. The number of fused-ring (bicyclic) bond motifs is 1. The number of benzene rings is 3. The Hall–Kier alpha value is -3.25. The van der Waals surface area contributed by atoms with Gasteiger partial charge >= 0.3 is 0 Å². The molecule has 1 aromatic heterocycles. The molecule has 0 spiro atoms. The number of nitrogens with zero attached hydrogens (tertiary/aromatic N) is 1. The fourth-order valence-corrected chi connectivity index (χ4v) is 4.72. The van der Waals surface area contributed by atoms with Crippen molar-refractivity contribution in [1.29, 1.82) is 0 Å². The summed E-state index contributed by atoms with van der Waals surface area (Å²) in [6.45, 7) is 4.43. The van der Waals surface area contributed by atoms with Crippen LogP contribution in [0.2, 0.25) is 0 Å². The molecule has 0 saturated carbocycles. The van der Waals surface area contributed by atoms with E-state index in [0.29, 0.717) is 32.3 Å². The quantitative estimate of drug-likeness (QED) is 0.271. The normalized spacial score (nSPS) is 17.8. The highest BCUT2D eigenvalue weighted by Gasteiger charge is 2.27.